The van der Waals surface area contributed by atoms with Crippen LogP contribution in [0.1, 0.15) is 36.8 Å². The average molecular weight is 328 g/mol. The van der Waals surface area contributed by atoms with Crippen LogP contribution in [-0.4, -0.2) is 48.7 Å². The number of ether oxygens (including phenoxy) is 1. The molecule has 3 atom stereocenters. The lowest BCUT2D eigenvalue weighted by atomic mass is 10.0. The van der Waals surface area contributed by atoms with Crippen molar-refractivity contribution in [2.24, 2.45) is 5.92 Å². The molecular formula is C20H28N2O2. The van der Waals surface area contributed by atoms with E-state index in [2.05, 4.69) is 29.3 Å². The van der Waals surface area contributed by atoms with Crippen molar-refractivity contribution in [3.63, 3.8) is 0 Å². The fourth-order valence-corrected chi connectivity index (χ4v) is 4.20. The molecule has 1 saturated carbocycles. The lowest BCUT2D eigenvalue weighted by Gasteiger charge is -2.35. The number of carbonyl (C=O) groups is 1. The minimum absolute atomic E-state index is 0.183. The Morgan fingerprint density at radius 1 is 1.29 bits per heavy atom. The van der Waals surface area contributed by atoms with E-state index in [1.165, 1.54) is 24.0 Å². The molecule has 3 fully saturated rings. The first-order valence-corrected chi connectivity index (χ1v) is 9.38. The van der Waals surface area contributed by atoms with E-state index in [1.807, 2.05) is 12.1 Å². The number of fused-ring (bicyclic) bond motifs is 1. The molecule has 0 radical (unpaired) electrons. The maximum absolute atomic E-state index is 12.3. The largest absolute Gasteiger partial charge is 0.375 e. The molecule has 0 bridgehead atoms. The zero-order valence-corrected chi connectivity index (χ0v) is 14.5. The Morgan fingerprint density at radius 3 is 2.92 bits per heavy atom. The Bertz CT molecular complexity index is 599. The molecule has 1 aliphatic carbocycles. The van der Waals surface area contributed by atoms with Gasteiger partial charge >= 0.3 is 0 Å². The van der Waals surface area contributed by atoms with E-state index < -0.39 is 0 Å². The summed E-state index contributed by atoms with van der Waals surface area (Å²) in [5, 5.41) is 3.25. The number of benzene rings is 1. The molecule has 24 heavy (non-hydrogen) atoms. The van der Waals surface area contributed by atoms with Gasteiger partial charge in [0.05, 0.1) is 12.7 Å². The van der Waals surface area contributed by atoms with Gasteiger partial charge < -0.3 is 10.1 Å². The van der Waals surface area contributed by atoms with Gasteiger partial charge in [-0.3, -0.25) is 9.69 Å². The quantitative estimate of drug-likeness (QED) is 0.902. The Morgan fingerprint density at radius 2 is 2.12 bits per heavy atom. The van der Waals surface area contributed by atoms with Crippen LogP contribution in [0, 0.1) is 12.8 Å². The molecule has 4 nitrogen and oxygen atoms in total. The first-order chi connectivity index (χ1) is 11.7. The van der Waals surface area contributed by atoms with Gasteiger partial charge in [-0.05, 0) is 49.7 Å². The maximum Gasteiger partial charge on any atom is 0.220 e. The highest BCUT2D eigenvalue weighted by atomic mass is 16.5. The highest BCUT2D eigenvalue weighted by molar-refractivity contribution is 5.76. The molecule has 1 aromatic rings. The van der Waals surface area contributed by atoms with Gasteiger partial charge in [0.25, 0.3) is 0 Å². The van der Waals surface area contributed by atoms with Gasteiger partial charge in [-0.2, -0.15) is 0 Å². The summed E-state index contributed by atoms with van der Waals surface area (Å²) in [7, 11) is 0. The van der Waals surface area contributed by atoms with Gasteiger partial charge in [0.1, 0.15) is 0 Å². The fourth-order valence-electron chi connectivity index (χ4n) is 4.20. The van der Waals surface area contributed by atoms with Gasteiger partial charge in [-0.15, -0.1) is 0 Å². The summed E-state index contributed by atoms with van der Waals surface area (Å²) in [6.45, 7) is 5.01. The van der Waals surface area contributed by atoms with Gasteiger partial charge in [0.15, 0.2) is 0 Å². The third-order valence-electron chi connectivity index (χ3n) is 5.84. The van der Waals surface area contributed by atoms with Crippen LogP contribution in [-0.2, 0) is 16.0 Å². The second kappa shape index (κ2) is 6.85. The minimum atomic E-state index is 0.183. The Kier molecular flexibility index (Phi) is 4.59. The number of amides is 1. The molecule has 4 heteroatoms. The second-order valence-electron chi connectivity index (χ2n) is 7.74. The highest BCUT2D eigenvalue weighted by Gasteiger charge is 2.42. The van der Waals surface area contributed by atoms with Crippen LogP contribution >= 0.6 is 0 Å². The van der Waals surface area contributed by atoms with Crippen LogP contribution in [0.4, 0.5) is 0 Å². The molecule has 3 aliphatic rings. The van der Waals surface area contributed by atoms with Gasteiger partial charge in [0, 0.05) is 31.6 Å². The summed E-state index contributed by atoms with van der Waals surface area (Å²) in [5.41, 5.74) is 2.55. The van der Waals surface area contributed by atoms with Gasteiger partial charge in [-0.25, -0.2) is 0 Å². The molecule has 1 amide bonds. The van der Waals surface area contributed by atoms with E-state index in [0.29, 0.717) is 24.6 Å². The van der Waals surface area contributed by atoms with Crippen molar-refractivity contribution < 1.29 is 9.53 Å². The van der Waals surface area contributed by atoms with Crippen molar-refractivity contribution in [3.05, 3.63) is 35.4 Å². The average Bonchev–Trinajstić information content (AvgIpc) is 3.34. The minimum Gasteiger partial charge on any atom is -0.375 e. The molecule has 2 saturated heterocycles. The topological polar surface area (TPSA) is 41.6 Å². The molecule has 0 aromatic heterocycles. The van der Waals surface area contributed by atoms with Crippen molar-refractivity contribution in [1.82, 2.24) is 10.2 Å². The first-order valence-electron chi connectivity index (χ1n) is 9.38. The standard InChI is InChI=1S/C20H28N2O2/c1-14-4-2-3-5-15(14)8-9-20(23)21-17-10-18-13-24-19(16-6-7-16)12-22(18)11-17/h2-5,16-19H,6-13H2,1H3,(H,21,23)/t17-,18+,19-/m1/s1. The van der Waals surface area contributed by atoms with Crippen molar-refractivity contribution >= 4 is 5.91 Å². The van der Waals surface area contributed by atoms with E-state index in [4.69, 9.17) is 4.74 Å². The van der Waals surface area contributed by atoms with Crippen molar-refractivity contribution in [1.29, 1.82) is 0 Å². The number of morpholine rings is 1. The van der Waals surface area contributed by atoms with Crippen molar-refractivity contribution in [2.45, 2.75) is 57.2 Å². The van der Waals surface area contributed by atoms with Crippen molar-refractivity contribution in [2.75, 3.05) is 19.7 Å². The molecular weight excluding hydrogens is 300 g/mol. The summed E-state index contributed by atoms with van der Waals surface area (Å²) in [5.74, 6) is 0.983. The van der Waals surface area contributed by atoms with Crippen LogP contribution in [0.5, 0.6) is 0 Å². The zero-order chi connectivity index (χ0) is 16.5. The highest BCUT2D eigenvalue weighted by Crippen LogP contribution is 2.37. The molecule has 2 aliphatic heterocycles. The summed E-state index contributed by atoms with van der Waals surface area (Å²) < 4.78 is 6.03. The summed E-state index contributed by atoms with van der Waals surface area (Å²) in [4.78, 5) is 14.9. The van der Waals surface area contributed by atoms with Crippen LogP contribution < -0.4 is 5.32 Å². The van der Waals surface area contributed by atoms with E-state index in [0.717, 1.165) is 38.5 Å². The number of hydrogen-bond acceptors (Lipinski definition) is 3. The molecule has 130 valence electrons. The van der Waals surface area contributed by atoms with E-state index in [9.17, 15) is 4.79 Å². The van der Waals surface area contributed by atoms with Gasteiger partial charge in [-0.1, -0.05) is 24.3 Å². The Labute approximate surface area is 144 Å². The Hall–Kier alpha value is -1.39. The lowest BCUT2D eigenvalue weighted by molar-refractivity contribution is -0.121. The molecule has 0 spiro atoms. The number of nitrogens with zero attached hydrogens (tertiary/aromatic N) is 1. The third kappa shape index (κ3) is 3.65. The number of hydrogen-bond donors (Lipinski definition) is 1. The maximum atomic E-state index is 12.3. The summed E-state index contributed by atoms with van der Waals surface area (Å²) in [6.07, 6.45) is 5.55. The molecule has 4 rings (SSSR count). The zero-order valence-electron chi connectivity index (χ0n) is 14.5. The molecule has 1 N–H and O–H groups in total. The molecule has 0 unspecified atom stereocenters. The predicted octanol–water partition coefficient (Wildman–Crippen LogP) is 2.30. The second-order valence-corrected chi connectivity index (χ2v) is 7.74. The molecule has 1 aromatic carbocycles. The first kappa shape index (κ1) is 16.1. The number of aryl methyl sites for hydroxylation is 2. The SMILES string of the molecule is Cc1ccccc1CCC(=O)N[C@@H]1C[C@H]2CO[C@@H](C3CC3)CN2C1. The number of nitrogens with one attached hydrogen (secondary N) is 1. The fraction of sp³-hybridized carbons (Fsp3) is 0.650. The number of rotatable bonds is 5. The van der Waals surface area contributed by atoms with E-state index in [-0.39, 0.29) is 5.91 Å². The lowest BCUT2D eigenvalue weighted by Crippen LogP contribution is -2.47. The van der Waals surface area contributed by atoms with Crippen LogP contribution in [0.2, 0.25) is 0 Å². The van der Waals surface area contributed by atoms with Gasteiger partial charge in [0.2, 0.25) is 5.91 Å². The van der Waals surface area contributed by atoms with E-state index >= 15 is 0 Å². The summed E-state index contributed by atoms with van der Waals surface area (Å²) >= 11 is 0. The van der Waals surface area contributed by atoms with Crippen LogP contribution in [0.25, 0.3) is 0 Å². The molecule has 2 heterocycles. The Balaban J connectivity index is 1.24. The van der Waals surface area contributed by atoms with E-state index in [1.54, 1.807) is 0 Å². The van der Waals surface area contributed by atoms with Crippen LogP contribution in [0.15, 0.2) is 24.3 Å². The van der Waals surface area contributed by atoms with Crippen LogP contribution in [0.3, 0.4) is 0 Å². The number of carbonyl (C=O) groups excluding carboxylic acids is 1. The monoisotopic (exact) mass is 328 g/mol. The summed E-state index contributed by atoms with van der Waals surface area (Å²) in [6, 6.07) is 9.12. The normalized spacial score (nSPS) is 30.1. The van der Waals surface area contributed by atoms with Crippen molar-refractivity contribution in [3.8, 4) is 0 Å². The third-order valence-corrected chi connectivity index (χ3v) is 5.84. The smallest absolute Gasteiger partial charge is 0.220 e. The predicted molar refractivity (Wildman–Crippen MR) is 93.9 cm³/mol.